The highest BCUT2D eigenvalue weighted by Crippen LogP contribution is 2.24. The maximum Gasteiger partial charge on any atom is 0.256 e. The van der Waals surface area contributed by atoms with E-state index in [0.717, 1.165) is 5.69 Å². The van der Waals surface area contributed by atoms with E-state index in [0.29, 0.717) is 20.9 Å². The lowest BCUT2D eigenvalue weighted by molar-refractivity contribution is 0.102. The number of hydrogen-bond acceptors (Lipinski definition) is 2. The first-order valence-electron chi connectivity index (χ1n) is 6.09. The Labute approximate surface area is 131 Å². The molecule has 1 heterocycles. The van der Waals surface area contributed by atoms with Crippen LogP contribution in [0, 0.1) is 0 Å². The summed E-state index contributed by atoms with van der Waals surface area (Å²) in [4.78, 5) is 12.1. The fourth-order valence-electron chi connectivity index (χ4n) is 1.60. The van der Waals surface area contributed by atoms with Crippen LogP contribution in [-0.2, 0) is 5.41 Å². The minimum atomic E-state index is -0.227. The van der Waals surface area contributed by atoms with Crippen molar-refractivity contribution in [2.75, 3.05) is 5.32 Å². The van der Waals surface area contributed by atoms with E-state index in [1.807, 2.05) is 6.07 Å². The summed E-state index contributed by atoms with van der Waals surface area (Å²) in [7, 11) is 0. The molecule has 1 aromatic carbocycles. The number of aromatic amines is 1. The number of nitrogens with one attached hydrogen (secondary N) is 2. The predicted octanol–water partition coefficient (Wildman–Crippen LogP) is 4.38. The molecule has 1 aromatic heterocycles. The monoisotopic (exact) mass is 355 g/mol. The van der Waals surface area contributed by atoms with E-state index < -0.39 is 0 Å². The molecule has 2 N–H and O–H groups in total. The van der Waals surface area contributed by atoms with E-state index in [1.165, 1.54) is 0 Å². The zero-order chi connectivity index (χ0) is 14.9. The molecule has 0 saturated carbocycles. The number of benzene rings is 1. The van der Waals surface area contributed by atoms with Gasteiger partial charge in [0.1, 0.15) is 0 Å². The summed E-state index contributed by atoms with van der Waals surface area (Å²) >= 11 is 9.20. The molecule has 6 heteroatoms. The van der Waals surface area contributed by atoms with Gasteiger partial charge in [-0.15, -0.1) is 0 Å². The van der Waals surface area contributed by atoms with Crippen molar-refractivity contribution in [1.29, 1.82) is 0 Å². The van der Waals surface area contributed by atoms with Crippen molar-refractivity contribution in [2.24, 2.45) is 0 Å². The molecule has 1 amide bonds. The Kier molecular flexibility index (Phi) is 4.20. The minimum Gasteiger partial charge on any atom is -0.305 e. The Morgan fingerprint density at radius 1 is 1.35 bits per heavy atom. The molecule has 106 valence electrons. The van der Waals surface area contributed by atoms with Gasteiger partial charge in [0.15, 0.2) is 5.82 Å². The fraction of sp³-hybridized carbons (Fsp3) is 0.286. The van der Waals surface area contributed by atoms with Crippen LogP contribution in [-0.4, -0.2) is 16.1 Å². The van der Waals surface area contributed by atoms with Crippen LogP contribution >= 0.6 is 27.5 Å². The van der Waals surface area contributed by atoms with Crippen LogP contribution in [0.2, 0.25) is 5.02 Å². The third-order valence-corrected chi connectivity index (χ3v) is 4.02. The third kappa shape index (κ3) is 3.41. The molecule has 2 rings (SSSR count). The topological polar surface area (TPSA) is 57.8 Å². The predicted molar refractivity (Wildman–Crippen MR) is 84.4 cm³/mol. The number of amides is 1. The molecule has 0 saturated heterocycles. The van der Waals surface area contributed by atoms with E-state index >= 15 is 0 Å². The highest BCUT2D eigenvalue weighted by molar-refractivity contribution is 9.10. The van der Waals surface area contributed by atoms with E-state index in [1.54, 1.807) is 18.2 Å². The summed E-state index contributed by atoms with van der Waals surface area (Å²) in [5, 5.41) is 10.3. The van der Waals surface area contributed by atoms with Crippen molar-refractivity contribution in [3.63, 3.8) is 0 Å². The third-order valence-electron chi connectivity index (χ3n) is 2.81. The second-order valence-electron chi connectivity index (χ2n) is 5.50. The van der Waals surface area contributed by atoms with Crippen LogP contribution in [0.15, 0.2) is 28.7 Å². The van der Waals surface area contributed by atoms with Gasteiger partial charge in [0.2, 0.25) is 0 Å². The Balaban J connectivity index is 2.15. The first-order chi connectivity index (χ1) is 9.27. The highest BCUT2D eigenvalue weighted by Gasteiger charge is 2.17. The molecule has 20 heavy (non-hydrogen) atoms. The van der Waals surface area contributed by atoms with Crippen molar-refractivity contribution >= 4 is 39.3 Å². The number of rotatable bonds is 2. The summed E-state index contributed by atoms with van der Waals surface area (Å²) < 4.78 is 0.684. The SMILES string of the molecule is CC(C)(C)c1cc(NC(=O)c2ccc(Cl)c(Br)c2)n[nH]1. The Morgan fingerprint density at radius 3 is 2.60 bits per heavy atom. The van der Waals surface area contributed by atoms with Crippen molar-refractivity contribution in [1.82, 2.24) is 10.2 Å². The number of aromatic nitrogens is 2. The van der Waals surface area contributed by atoms with Crippen molar-refractivity contribution < 1.29 is 4.79 Å². The van der Waals surface area contributed by atoms with Gasteiger partial charge in [0.25, 0.3) is 5.91 Å². The molecule has 0 aliphatic rings. The maximum absolute atomic E-state index is 12.1. The van der Waals surface area contributed by atoms with Gasteiger partial charge >= 0.3 is 0 Å². The molecule has 2 aromatic rings. The van der Waals surface area contributed by atoms with E-state index in [4.69, 9.17) is 11.6 Å². The molecule has 0 spiro atoms. The molecule has 0 aliphatic carbocycles. The Morgan fingerprint density at radius 2 is 2.05 bits per heavy atom. The number of anilines is 1. The molecular formula is C14H15BrClN3O. The Hall–Kier alpha value is -1.33. The van der Waals surface area contributed by atoms with Gasteiger partial charge < -0.3 is 5.32 Å². The number of nitrogens with zero attached hydrogens (tertiary/aromatic N) is 1. The minimum absolute atomic E-state index is 0.0424. The summed E-state index contributed by atoms with van der Waals surface area (Å²) in [5.41, 5.74) is 1.44. The summed E-state index contributed by atoms with van der Waals surface area (Å²) in [5.74, 6) is 0.278. The lowest BCUT2D eigenvalue weighted by Crippen LogP contribution is -2.12. The molecule has 0 unspecified atom stereocenters. The summed E-state index contributed by atoms with van der Waals surface area (Å²) in [6, 6.07) is 6.85. The Bertz CT molecular complexity index is 646. The second-order valence-corrected chi connectivity index (χ2v) is 6.76. The van der Waals surface area contributed by atoms with Crippen molar-refractivity contribution in [3.8, 4) is 0 Å². The highest BCUT2D eigenvalue weighted by atomic mass is 79.9. The number of halogens is 2. The van der Waals surface area contributed by atoms with Gasteiger partial charge in [-0.05, 0) is 34.1 Å². The molecule has 0 bridgehead atoms. The molecule has 0 atom stereocenters. The van der Waals surface area contributed by atoms with Crippen molar-refractivity contribution in [3.05, 3.63) is 45.0 Å². The molecule has 4 nitrogen and oxygen atoms in total. The fourth-order valence-corrected chi connectivity index (χ4v) is 2.09. The van der Waals surface area contributed by atoms with Gasteiger partial charge in [0.05, 0.1) is 5.02 Å². The number of carbonyl (C=O) groups is 1. The average molecular weight is 357 g/mol. The number of carbonyl (C=O) groups excluding carboxylic acids is 1. The van der Waals surface area contributed by atoms with Gasteiger partial charge in [-0.1, -0.05) is 32.4 Å². The summed E-state index contributed by atoms with van der Waals surface area (Å²) in [6.07, 6.45) is 0. The van der Waals surface area contributed by atoms with Gasteiger partial charge in [-0.25, -0.2) is 0 Å². The lowest BCUT2D eigenvalue weighted by Gasteiger charge is -2.14. The zero-order valence-electron chi connectivity index (χ0n) is 11.4. The number of hydrogen-bond donors (Lipinski definition) is 2. The van der Waals surface area contributed by atoms with Crippen LogP contribution < -0.4 is 5.32 Å². The van der Waals surface area contributed by atoms with Crippen LogP contribution in [0.1, 0.15) is 36.8 Å². The molecule has 0 radical (unpaired) electrons. The van der Waals surface area contributed by atoms with Crippen LogP contribution in [0.5, 0.6) is 0 Å². The van der Waals surface area contributed by atoms with Gasteiger partial charge in [0, 0.05) is 27.2 Å². The van der Waals surface area contributed by atoms with Gasteiger partial charge in [-0.2, -0.15) is 5.10 Å². The lowest BCUT2D eigenvalue weighted by atomic mass is 9.92. The largest absolute Gasteiger partial charge is 0.305 e. The van der Waals surface area contributed by atoms with Crippen LogP contribution in [0.4, 0.5) is 5.82 Å². The number of H-pyrrole nitrogens is 1. The van der Waals surface area contributed by atoms with E-state index in [2.05, 4.69) is 52.2 Å². The first-order valence-corrected chi connectivity index (χ1v) is 7.27. The normalized spacial score (nSPS) is 11.4. The first kappa shape index (κ1) is 15.1. The maximum atomic E-state index is 12.1. The van der Waals surface area contributed by atoms with E-state index in [9.17, 15) is 4.79 Å². The zero-order valence-corrected chi connectivity index (χ0v) is 13.8. The summed E-state index contributed by atoms with van der Waals surface area (Å²) in [6.45, 7) is 6.22. The smallest absolute Gasteiger partial charge is 0.256 e. The standard InChI is InChI=1S/C14H15BrClN3O/c1-14(2,3)11-7-12(19-18-11)17-13(20)8-4-5-10(16)9(15)6-8/h4-7H,1-3H3,(H2,17,18,19,20). The molecular weight excluding hydrogens is 342 g/mol. The molecule has 0 fully saturated rings. The van der Waals surface area contributed by atoms with Crippen LogP contribution in [0.3, 0.4) is 0 Å². The quantitative estimate of drug-likeness (QED) is 0.839. The van der Waals surface area contributed by atoms with E-state index in [-0.39, 0.29) is 11.3 Å². The second kappa shape index (κ2) is 5.58. The van der Waals surface area contributed by atoms with Gasteiger partial charge in [-0.3, -0.25) is 9.89 Å². The molecule has 0 aliphatic heterocycles. The van der Waals surface area contributed by atoms with Crippen LogP contribution in [0.25, 0.3) is 0 Å². The van der Waals surface area contributed by atoms with Crippen molar-refractivity contribution in [2.45, 2.75) is 26.2 Å². The average Bonchev–Trinajstić information content (AvgIpc) is 2.81.